The van der Waals surface area contributed by atoms with E-state index in [1.165, 1.54) is 7.11 Å². The highest BCUT2D eigenvalue weighted by atomic mass is 16.5. The van der Waals surface area contributed by atoms with Crippen molar-refractivity contribution >= 4 is 18.0 Å². The number of ketones is 1. The van der Waals surface area contributed by atoms with Crippen molar-refractivity contribution in [3.8, 4) is 0 Å². The van der Waals surface area contributed by atoms with Gasteiger partial charge in [-0.25, -0.2) is 0 Å². The highest BCUT2D eigenvalue weighted by Crippen LogP contribution is 2.18. The molecule has 1 aliphatic rings. The third-order valence-corrected chi connectivity index (χ3v) is 2.45. The van der Waals surface area contributed by atoms with Gasteiger partial charge in [-0.3, -0.25) is 14.5 Å². The van der Waals surface area contributed by atoms with Gasteiger partial charge in [0.15, 0.2) is 0 Å². The van der Waals surface area contributed by atoms with Crippen molar-refractivity contribution in [2.45, 2.75) is 18.9 Å². The van der Waals surface area contributed by atoms with E-state index in [9.17, 15) is 9.59 Å². The van der Waals surface area contributed by atoms with Crippen LogP contribution in [0.4, 0.5) is 0 Å². The molecule has 0 aromatic carbocycles. The average molecular weight is 211 g/mol. The van der Waals surface area contributed by atoms with E-state index in [4.69, 9.17) is 5.53 Å². The Bertz CT molecular complexity index is 310. The van der Waals surface area contributed by atoms with Crippen molar-refractivity contribution in [2.24, 2.45) is 0 Å². The fourth-order valence-corrected chi connectivity index (χ4v) is 1.49. The van der Waals surface area contributed by atoms with Crippen LogP contribution in [0, 0.1) is 0 Å². The zero-order valence-corrected chi connectivity index (χ0v) is 8.55. The second-order valence-corrected chi connectivity index (χ2v) is 3.32. The molecule has 1 rings (SSSR count). The van der Waals surface area contributed by atoms with Crippen LogP contribution in [0.15, 0.2) is 0 Å². The van der Waals surface area contributed by atoms with Crippen molar-refractivity contribution in [1.29, 1.82) is 0 Å². The molecular formula is C9H13N3O3. The van der Waals surface area contributed by atoms with Gasteiger partial charge in [0.1, 0.15) is 6.04 Å². The maximum Gasteiger partial charge on any atom is 0.323 e. The van der Waals surface area contributed by atoms with Gasteiger partial charge in [-0.1, -0.05) is 0 Å². The van der Waals surface area contributed by atoms with Gasteiger partial charge in [-0.2, -0.15) is 4.79 Å². The number of ether oxygens (including phenoxy) is 1. The SMILES string of the molecule is COC(=O)C1CCN1CCC(=O)C=[N+]=[N-]. The van der Waals surface area contributed by atoms with Gasteiger partial charge in [0.25, 0.3) is 0 Å². The van der Waals surface area contributed by atoms with Crippen LogP contribution in [0.25, 0.3) is 5.53 Å². The molecule has 0 amide bonds. The molecule has 0 bridgehead atoms. The van der Waals surface area contributed by atoms with Gasteiger partial charge < -0.3 is 10.3 Å². The number of carbonyl (C=O) groups excluding carboxylic acids is 2. The number of carbonyl (C=O) groups is 2. The van der Waals surface area contributed by atoms with Gasteiger partial charge >= 0.3 is 12.2 Å². The molecule has 1 saturated heterocycles. The standard InChI is InChI=1S/C9H13N3O3/c1-15-9(14)8-3-5-12(8)4-2-7(13)6-11-10/h6,8H,2-5H2,1H3. The van der Waals surface area contributed by atoms with Crippen molar-refractivity contribution < 1.29 is 19.1 Å². The van der Waals surface area contributed by atoms with Crippen LogP contribution in [-0.4, -0.2) is 53.9 Å². The molecule has 82 valence electrons. The minimum absolute atomic E-state index is 0.214. The summed E-state index contributed by atoms with van der Waals surface area (Å²) in [5, 5.41) is 0. The van der Waals surface area contributed by atoms with E-state index in [-0.39, 0.29) is 24.2 Å². The van der Waals surface area contributed by atoms with Crippen LogP contribution in [0.1, 0.15) is 12.8 Å². The van der Waals surface area contributed by atoms with Crippen molar-refractivity contribution in [2.75, 3.05) is 20.2 Å². The first-order valence-electron chi connectivity index (χ1n) is 4.71. The summed E-state index contributed by atoms with van der Waals surface area (Å²) in [4.78, 5) is 26.7. The minimum atomic E-state index is -0.260. The number of rotatable bonds is 5. The van der Waals surface area contributed by atoms with E-state index in [2.05, 4.69) is 9.53 Å². The summed E-state index contributed by atoms with van der Waals surface area (Å²) in [6.07, 6.45) is 1.89. The van der Waals surface area contributed by atoms with Crippen molar-refractivity contribution in [3.63, 3.8) is 0 Å². The largest absolute Gasteiger partial charge is 0.468 e. The van der Waals surface area contributed by atoms with Crippen LogP contribution >= 0.6 is 0 Å². The Kier molecular flexibility index (Phi) is 4.15. The molecular weight excluding hydrogens is 198 g/mol. The molecule has 1 unspecified atom stereocenters. The maximum atomic E-state index is 11.2. The van der Waals surface area contributed by atoms with Gasteiger partial charge in [-0.15, -0.1) is 0 Å². The van der Waals surface area contributed by atoms with Crippen LogP contribution in [0.2, 0.25) is 0 Å². The first-order valence-corrected chi connectivity index (χ1v) is 4.71. The maximum absolute atomic E-state index is 11.2. The van der Waals surface area contributed by atoms with Gasteiger partial charge in [0.2, 0.25) is 5.78 Å². The van der Waals surface area contributed by atoms with E-state index >= 15 is 0 Å². The van der Waals surface area contributed by atoms with Crippen molar-refractivity contribution in [1.82, 2.24) is 4.90 Å². The van der Waals surface area contributed by atoms with Crippen molar-refractivity contribution in [3.05, 3.63) is 5.53 Å². The molecule has 0 saturated carbocycles. The molecule has 15 heavy (non-hydrogen) atoms. The Balaban J connectivity index is 2.31. The van der Waals surface area contributed by atoms with Gasteiger partial charge in [0.05, 0.1) is 7.11 Å². The van der Waals surface area contributed by atoms with E-state index in [1.54, 1.807) is 0 Å². The predicted molar refractivity (Wildman–Crippen MR) is 51.3 cm³/mol. The molecule has 0 spiro atoms. The molecule has 0 aliphatic carbocycles. The lowest BCUT2D eigenvalue weighted by Crippen LogP contribution is -2.53. The van der Waals surface area contributed by atoms with E-state index < -0.39 is 0 Å². The van der Waals surface area contributed by atoms with Gasteiger partial charge in [-0.05, 0) is 6.42 Å². The Morgan fingerprint density at radius 2 is 2.40 bits per heavy atom. The molecule has 1 heterocycles. The highest BCUT2D eigenvalue weighted by molar-refractivity contribution is 6.25. The second-order valence-electron chi connectivity index (χ2n) is 3.32. The Hall–Kier alpha value is -1.52. The third-order valence-electron chi connectivity index (χ3n) is 2.45. The van der Waals surface area contributed by atoms with Crippen LogP contribution in [-0.2, 0) is 14.3 Å². The summed E-state index contributed by atoms with van der Waals surface area (Å²) in [6, 6.07) is -0.214. The van der Waals surface area contributed by atoms with E-state index in [0.717, 1.165) is 19.2 Å². The molecule has 6 nitrogen and oxygen atoms in total. The predicted octanol–water partition coefficient (Wildman–Crippen LogP) is -0.507. The topological polar surface area (TPSA) is 83.0 Å². The number of hydrogen-bond donors (Lipinski definition) is 0. The lowest BCUT2D eigenvalue weighted by Gasteiger charge is -2.38. The third kappa shape index (κ3) is 2.97. The summed E-state index contributed by atoms with van der Waals surface area (Å²) in [6.45, 7) is 1.29. The molecule has 0 aromatic heterocycles. The fraction of sp³-hybridized carbons (Fsp3) is 0.667. The summed E-state index contributed by atoms with van der Waals surface area (Å²) in [7, 11) is 1.35. The first-order chi connectivity index (χ1) is 7.19. The number of esters is 1. The Labute approximate surface area is 87.4 Å². The lowest BCUT2D eigenvalue weighted by atomic mass is 10.0. The molecule has 1 aliphatic heterocycles. The molecule has 0 aromatic rings. The minimum Gasteiger partial charge on any atom is -0.468 e. The number of likely N-dealkylation sites (tertiary alicyclic amines) is 1. The smallest absolute Gasteiger partial charge is 0.323 e. The molecule has 0 radical (unpaired) electrons. The Morgan fingerprint density at radius 3 is 2.87 bits per heavy atom. The highest BCUT2D eigenvalue weighted by Gasteiger charge is 2.34. The molecule has 1 fully saturated rings. The van der Waals surface area contributed by atoms with Crippen LogP contribution in [0.5, 0.6) is 0 Å². The summed E-state index contributed by atoms with van der Waals surface area (Å²) in [5.74, 6) is -0.516. The van der Waals surface area contributed by atoms with Crippen LogP contribution < -0.4 is 0 Å². The number of methoxy groups -OCH3 is 1. The number of Topliss-reactive ketones (excluding diaryl/α,β-unsaturated/α-hetero) is 1. The monoisotopic (exact) mass is 211 g/mol. The second kappa shape index (κ2) is 5.38. The van der Waals surface area contributed by atoms with E-state index in [1.807, 2.05) is 4.90 Å². The Morgan fingerprint density at radius 1 is 1.67 bits per heavy atom. The number of hydrogen-bond acceptors (Lipinski definition) is 4. The normalized spacial score (nSPS) is 19.9. The van der Waals surface area contributed by atoms with Gasteiger partial charge in [0, 0.05) is 19.5 Å². The average Bonchev–Trinajstić information content (AvgIpc) is 2.16. The summed E-state index contributed by atoms with van der Waals surface area (Å²) >= 11 is 0. The molecule has 6 heteroatoms. The number of nitrogens with zero attached hydrogens (tertiary/aromatic N) is 3. The summed E-state index contributed by atoms with van der Waals surface area (Å²) in [5.41, 5.74) is 8.11. The molecule has 0 N–H and O–H groups in total. The quantitative estimate of drug-likeness (QED) is 0.265. The zero-order chi connectivity index (χ0) is 11.3. The summed E-state index contributed by atoms with van der Waals surface area (Å²) < 4.78 is 4.61. The lowest BCUT2D eigenvalue weighted by molar-refractivity contribution is -0.152. The van der Waals surface area contributed by atoms with Crippen LogP contribution in [0.3, 0.4) is 0 Å². The molecule has 1 atom stereocenters. The zero-order valence-electron chi connectivity index (χ0n) is 8.55. The van der Waals surface area contributed by atoms with E-state index in [0.29, 0.717) is 6.54 Å². The fourth-order valence-electron chi connectivity index (χ4n) is 1.49. The first kappa shape index (κ1) is 11.6.